The van der Waals surface area contributed by atoms with Gasteiger partial charge in [-0.25, -0.2) is 0 Å². The van der Waals surface area contributed by atoms with Gasteiger partial charge in [0.05, 0.1) is 0 Å². The number of hydrogen-bond donors (Lipinski definition) is 0. The predicted molar refractivity (Wildman–Crippen MR) is 138 cm³/mol. The molecule has 0 spiro atoms. The van der Waals surface area contributed by atoms with Crippen LogP contribution in [0.2, 0.25) is 0 Å². The van der Waals surface area contributed by atoms with Crippen LogP contribution in [0.5, 0.6) is 0 Å². The molecule has 0 nitrogen and oxygen atoms in total. The van der Waals surface area contributed by atoms with E-state index < -0.39 is 0 Å². The van der Waals surface area contributed by atoms with E-state index in [0.717, 1.165) is 23.7 Å². The van der Waals surface area contributed by atoms with Gasteiger partial charge in [0, 0.05) is 0 Å². The monoisotopic (exact) mass is 428 g/mol. The zero-order valence-corrected chi connectivity index (χ0v) is 21.0. The summed E-state index contributed by atoms with van der Waals surface area (Å²) >= 11 is 0. The maximum atomic E-state index is 2.52. The van der Waals surface area contributed by atoms with Crippen molar-refractivity contribution in [3.63, 3.8) is 0 Å². The Morgan fingerprint density at radius 1 is 0.562 bits per heavy atom. The van der Waals surface area contributed by atoms with Crippen molar-refractivity contribution in [2.24, 2.45) is 11.8 Å². The van der Waals surface area contributed by atoms with Crippen molar-refractivity contribution < 1.29 is 0 Å². The van der Waals surface area contributed by atoms with Gasteiger partial charge in [-0.15, -0.1) is 0 Å². The normalized spacial score (nSPS) is 27.9. The summed E-state index contributed by atoms with van der Waals surface area (Å²) in [6, 6.07) is 14.5. The van der Waals surface area contributed by atoms with Gasteiger partial charge in [0.25, 0.3) is 0 Å². The number of hydrogen-bond acceptors (Lipinski definition) is 0. The van der Waals surface area contributed by atoms with Crippen LogP contribution in [0.15, 0.2) is 36.4 Å². The van der Waals surface area contributed by atoms with E-state index in [1.807, 2.05) is 0 Å². The van der Waals surface area contributed by atoms with Crippen LogP contribution in [-0.4, -0.2) is 0 Å². The summed E-state index contributed by atoms with van der Waals surface area (Å²) in [5, 5.41) is 0. The molecule has 0 aliphatic heterocycles. The van der Waals surface area contributed by atoms with Crippen LogP contribution in [0.25, 0.3) is 0 Å². The van der Waals surface area contributed by atoms with Crippen molar-refractivity contribution in [3.05, 3.63) is 69.8 Å². The lowest BCUT2D eigenvalue weighted by Crippen LogP contribution is -2.16. The third-order valence-electron chi connectivity index (χ3n) is 9.36. The molecular formula is C32H44. The molecule has 0 heterocycles. The van der Waals surface area contributed by atoms with Gasteiger partial charge in [-0.3, -0.25) is 0 Å². The second-order valence-corrected chi connectivity index (χ2v) is 11.9. The second-order valence-electron chi connectivity index (χ2n) is 11.9. The first-order valence-corrected chi connectivity index (χ1v) is 13.8. The Hall–Kier alpha value is -1.56. The number of aryl methyl sites for hydroxylation is 2. The van der Waals surface area contributed by atoms with Crippen LogP contribution >= 0.6 is 0 Å². The molecule has 172 valence electrons. The molecule has 4 aliphatic carbocycles. The lowest BCUT2D eigenvalue weighted by Gasteiger charge is -2.29. The molecule has 6 rings (SSSR count). The number of fused-ring (bicyclic) bond motifs is 6. The van der Waals surface area contributed by atoms with Gasteiger partial charge in [0.15, 0.2) is 0 Å². The van der Waals surface area contributed by atoms with E-state index in [9.17, 15) is 0 Å². The molecule has 2 aromatic rings. The quantitative estimate of drug-likeness (QED) is 0.447. The molecule has 0 aromatic heterocycles. The Balaban J connectivity index is 0.000000135. The molecule has 0 heteroatoms. The number of benzene rings is 2. The summed E-state index contributed by atoms with van der Waals surface area (Å²) in [5.41, 5.74) is 9.77. The summed E-state index contributed by atoms with van der Waals surface area (Å²) < 4.78 is 0. The second kappa shape index (κ2) is 9.36. The summed E-state index contributed by atoms with van der Waals surface area (Å²) in [6.45, 7) is 9.19. The van der Waals surface area contributed by atoms with Crippen LogP contribution in [-0.2, 0) is 12.8 Å². The van der Waals surface area contributed by atoms with Gasteiger partial charge in [0.2, 0.25) is 0 Å². The molecule has 32 heavy (non-hydrogen) atoms. The molecule has 4 atom stereocenters. The topological polar surface area (TPSA) is 0 Å². The van der Waals surface area contributed by atoms with Gasteiger partial charge in [0.1, 0.15) is 0 Å². The van der Waals surface area contributed by atoms with Crippen molar-refractivity contribution in [1.82, 2.24) is 0 Å². The van der Waals surface area contributed by atoms with Crippen molar-refractivity contribution in [2.75, 3.05) is 0 Å². The Labute approximate surface area is 197 Å². The predicted octanol–water partition coefficient (Wildman–Crippen LogP) is 9.28. The fourth-order valence-corrected chi connectivity index (χ4v) is 7.37. The fraction of sp³-hybridized carbons (Fsp3) is 0.625. The largest absolute Gasteiger partial charge is 0.0587 e. The van der Waals surface area contributed by atoms with E-state index >= 15 is 0 Å². The van der Waals surface area contributed by atoms with Crippen molar-refractivity contribution in [3.8, 4) is 0 Å². The van der Waals surface area contributed by atoms with Gasteiger partial charge in [-0.05, 0) is 120 Å². The van der Waals surface area contributed by atoms with E-state index in [1.54, 1.807) is 22.3 Å². The van der Waals surface area contributed by atoms with Crippen LogP contribution in [0.3, 0.4) is 0 Å². The molecule has 2 saturated carbocycles. The Morgan fingerprint density at radius 3 is 1.78 bits per heavy atom. The smallest absolute Gasteiger partial charge is 0.0131 e. The van der Waals surface area contributed by atoms with E-state index in [-0.39, 0.29) is 0 Å². The highest BCUT2D eigenvalue weighted by atomic mass is 14.4. The molecule has 0 N–H and O–H groups in total. The molecule has 2 unspecified atom stereocenters. The van der Waals surface area contributed by atoms with Gasteiger partial charge in [-0.2, -0.15) is 0 Å². The summed E-state index contributed by atoms with van der Waals surface area (Å²) in [4.78, 5) is 0. The Morgan fingerprint density at radius 2 is 1.12 bits per heavy atom. The fourth-order valence-electron chi connectivity index (χ4n) is 7.37. The maximum absolute atomic E-state index is 2.52. The third-order valence-corrected chi connectivity index (χ3v) is 9.36. The van der Waals surface area contributed by atoms with Crippen LogP contribution in [0.4, 0.5) is 0 Å². The first kappa shape index (κ1) is 22.2. The van der Waals surface area contributed by atoms with E-state index in [1.165, 1.54) is 75.3 Å². The lowest BCUT2D eigenvalue weighted by molar-refractivity contribution is 0.422. The first-order valence-electron chi connectivity index (χ1n) is 13.8. The summed E-state index contributed by atoms with van der Waals surface area (Å²) in [7, 11) is 0. The number of rotatable bonds is 2. The molecule has 2 fully saturated rings. The zero-order valence-electron chi connectivity index (χ0n) is 21.0. The lowest BCUT2D eigenvalue weighted by atomic mass is 9.76. The highest BCUT2D eigenvalue weighted by Gasteiger charge is 2.34. The van der Waals surface area contributed by atoms with Crippen LogP contribution < -0.4 is 0 Å². The molecule has 0 saturated heterocycles. The maximum Gasteiger partial charge on any atom is -0.0131 e. The minimum absolute atomic E-state index is 0.673. The van der Waals surface area contributed by atoms with Crippen LogP contribution in [0.1, 0.15) is 136 Å². The van der Waals surface area contributed by atoms with E-state index in [2.05, 4.69) is 64.1 Å². The Kier molecular flexibility index (Phi) is 6.51. The van der Waals surface area contributed by atoms with E-state index in [4.69, 9.17) is 0 Å². The van der Waals surface area contributed by atoms with Gasteiger partial charge >= 0.3 is 0 Å². The molecule has 4 aliphatic rings. The van der Waals surface area contributed by atoms with Crippen molar-refractivity contribution >= 4 is 0 Å². The van der Waals surface area contributed by atoms with Crippen LogP contribution in [0, 0.1) is 11.8 Å². The minimum Gasteiger partial charge on any atom is -0.0587 e. The van der Waals surface area contributed by atoms with Gasteiger partial charge in [-0.1, -0.05) is 76.9 Å². The molecule has 0 amide bonds. The molecule has 2 aromatic carbocycles. The first-order chi connectivity index (χ1) is 15.5. The van der Waals surface area contributed by atoms with Gasteiger partial charge < -0.3 is 0 Å². The highest BCUT2D eigenvalue weighted by Crippen LogP contribution is 2.48. The summed E-state index contributed by atoms with van der Waals surface area (Å²) in [6.07, 6.45) is 14.3. The Bertz CT molecular complexity index is 933. The highest BCUT2D eigenvalue weighted by molar-refractivity contribution is 5.39. The molecular weight excluding hydrogens is 384 g/mol. The SMILES string of the molecule is CC(C)c1ccc2c(c1)C1CCC[C@@H]1CC2.CC(C)c1ccc2c(c1)CC[C@H]1CCCC21. The average Bonchev–Trinajstić information content (AvgIpc) is 3.48. The van der Waals surface area contributed by atoms with Crippen molar-refractivity contribution in [1.29, 1.82) is 0 Å². The third kappa shape index (κ3) is 4.32. The average molecular weight is 429 g/mol. The van der Waals surface area contributed by atoms with E-state index in [0.29, 0.717) is 11.8 Å². The standard InChI is InChI=1S/2C16H22/c1-11(2)13-8-9-16-14(10-13)7-6-12-4-3-5-15(12)16;1-11(2)14-9-8-13-7-6-12-4-3-5-15(12)16(13)10-14/h2*8-12,15H,3-7H2,1-2H3/t2*12-,15?/m11/s1. The molecule has 0 radical (unpaired) electrons. The minimum atomic E-state index is 0.673. The summed E-state index contributed by atoms with van der Waals surface area (Å²) in [5.74, 6) is 5.18. The zero-order chi connectivity index (χ0) is 22.2. The van der Waals surface area contributed by atoms with Crippen molar-refractivity contribution in [2.45, 2.75) is 116 Å². The molecule has 0 bridgehead atoms.